The molecule has 1 fully saturated rings. The van der Waals surface area contributed by atoms with E-state index in [0.29, 0.717) is 6.61 Å². The maximum Gasteiger partial charge on any atom is 0.471 e. The molecule has 2 rings (SSSR count). The zero-order valence-electron chi connectivity index (χ0n) is 16.1. The molecule has 1 aromatic rings. The Labute approximate surface area is 154 Å². The van der Waals surface area contributed by atoms with E-state index in [1.165, 1.54) is 0 Å². The molecule has 1 heterocycles. The number of rotatable bonds is 4. The van der Waals surface area contributed by atoms with Crippen molar-refractivity contribution in [2.45, 2.75) is 51.0 Å². The number of hydrogen-bond donors (Lipinski definition) is 0. The van der Waals surface area contributed by atoms with Crippen molar-refractivity contribution < 1.29 is 22.4 Å². The fourth-order valence-electron chi connectivity index (χ4n) is 3.00. The van der Waals surface area contributed by atoms with Crippen molar-refractivity contribution in [3.63, 3.8) is 0 Å². The largest absolute Gasteiger partial charge is 0.471 e. The van der Waals surface area contributed by atoms with Crippen molar-refractivity contribution >= 4 is 14.2 Å². The number of benzene rings is 1. The minimum absolute atomic E-state index is 0.0231. The first-order valence-electron chi connectivity index (χ1n) is 8.88. The van der Waals surface area contributed by atoms with Crippen LogP contribution in [0.4, 0.5) is 13.2 Å². The highest BCUT2D eigenvalue weighted by Gasteiger charge is 2.48. The Morgan fingerprint density at radius 1 is 1.15 bits per heavy atom. The third-order valence-corrected chi connectivity index (χ3v) is 10.2. The summed E-state index contributed by atoms with van der Waals surface area (Å²) >= 11 is 0. The Morgan fingerprint density at radius 3 is 2.23 bits per heavy atom. The third kappa shape index (κ3) is 4.68. The van der Waals surface area contributed by atoms with Gasteiger partial charge in [-0.3, -0.25) is 4.79 Å². The Morgan fingerprint density at radius 2 is 1.73 bits per heavy atom. The fourth-order valence-corrected chi connectivity index (χ4v) is 4.06. The van der Waals surface area contributed by atoms with Crippen molar-refractivity contribution in [3.05, 3.63) is 35.9 Å². The molecule has 1 amide bonds. The predicted octanol–water partition coefficient (Wildman–Crippen LogP) is 4.81. The van der Waals surface area contributed by atoms with Gasteiger partial charge in [0.05, 0.1) is 0 Å². The second kappa shape index (κ2) is 7.35. The summed E-state index contributed by atoms with van der Waals surface area (Å²) < 4.78 is 44.9. The molecule has 3 nitrogen and oxygen atoms in total. The van der Waals surface area contributed by atoms with E-state index in [4.69, 9.17) is 4.43 Å². The summed E-state index contributed by atoms with van der Waals surface area (Å²) in [5.74, 6) is -2.04. The first kappa shape index (κ1) is 21.0. The normalized spacial score (nSPS) is 21.9. The van der Waals surface area contributed by atoms with Gasteiger partial charge in [0.25, 0.3) is 0 Å². The van der Waals surface area contributed by atoms with Gasteiger partial charge in [0.15, 0.2) is 8.32 Å². The molecule has 2 atom stereocenters. The Hall–Kier alpha value is -1.34. The van der Waals surface area contributed by atoms with Gasteiger partial charge >= 0.3 is 12.1 Å². The van der Waals surface area contributed by atoms with Gasteiger partial charge in [-0.25, -0.2) is 0 Å². The van der Waals surface area contributed by atoms with Crippen LogP contribution in [0.5, 0.6) is 0 Å². The van der Waals surface area contributed by atoms with Gasteiger partial charge in [0, 0.05) is 31.5 Å². The summed E-state index contributed by atoms with van der Waals surface area (Å²) in [6.07, 6.45) is -4.84. The van der Waals surface area contributed by atoms with Crippen LogP contribution >= 0.6 is 0 Å². The minimum atomic E-state index is -4.84. The number of carbonyl (C=O) groups is 1. The number of likely N-dealkylation sites (tertiary alicyclic amines) is 1. The summed E-state index contributed by atoms with van der Waals surface area (Å²) in [5.41, 5.74) is 0.953. The monoisotopic (exact) mass is 387 g/mol. The summed E-state index contributed by atoms with van der Waals surface area (Å²) in [6, 6.07) is 9.43. The number of nitrogens with zero attached hydrogens (tertiary/aromatic N) is 1. The first-order chi connectivity index (χ1) is 11.8. The molecular formula is C19H28F3NO2Si. The summed E-state index contributed by atoms with van der Waals surface area (Å²) in [4.78, 5) is 12.6. The number of amides is 1. The van der Waals surface area contributed by atoms with Gasteiger partial charge in [0.1, 0.15) is 0 Å². The lowest BCUT2D eigenvalue weighted by atomic mass is 9.90. The van der Waals surface area contributed by atoms with E-state index < -0.39 is 20.4 Å². The maximum absolute atomic E-state index is 12.9. The predicted molar refractivity (Wildman–Crippen MR) is 98.5 cm³/mol. The second-order valence-electron chi connectivity index (χ2n) is 8.56. The summed E-state index contributed by atoms with van der Waals surface area (Å²) in [7, 11) is -2.01. The van der Waals surface area contributed by atoms with Crippen molar-refractivity contribution in [1.82, 2.24) is 4.90 Å². The first-order valence-corrected chi connectivity index (χ1v) is 11.8. The summed E-state index contributed by atoms with van der Waals surface area (Å²) in [5, 5.41) is 0.0231. The Bertz CT molecular complexity index is 626. The number of carbonyl (C=O) groups excluding carboxylic acids is 1. The van der Waals surface area contributed by atoms with Crippen molar-refractivity contribution in [1.29, 1.82) is 0 Å². The Balaban J connectivity index is 2.19. The molecule has 0 bridgehead atoms. The van der Waals surface area contributed by atoms with Gasteiger partial charge in [0.2, 0.25) is 0 Å². The van der Waals surface area contributed by atoms with Crippen LogP contribution in [0.2, 0.25) is 18.1 Å². The van der Waals surface area contributed by atoms with Crippen LogP contribution in [0, 0.1) is 5.92 Å². The molecule has 0 spiro atoms. The lowest BCUT2D eigenvalue weighted by Crippen LogP contribution is -2.43. The average molecular weight is 388 g/mol. The highest BCUT2D eigenvalue weighted by molar-refractivity contribution is 6.74. The molecule has 26 heavy (non-hydrogen) atoms. The van der Waals surface area contributed by atoms with E-state index >= 15 is 0 Å². The minimum Gasteiger partial charge on any atom is -0.416 e. The SMILES string of the molecule is CC(C)(C)[Si](C)(C)OC[C@H]1CN(C(=O)C(F)(F)F)C[C@@H]1c1ccccc1. The molecule has 0 aromatic heterocycles. The van der Waals surface area contributed by atoms with Crippen molar-refractivity contribution in [2.75, 3.05) is 19.7 Å². The average Bonchev–Trinajstić information content (AvgIpc) is 2.95. The second-order valence-corrected chi connectivity index (χ2v) is 13.4. The number of hydrogen-bond acceptors (Lipinski definition) is 2. The van der Waals surface area contributed by atoms with E-state index in [1.807, 2.05) is 30.3 Å². The molecule has 7 heteroatoms. The van der Waals surface area contributed by atoms with Crippen LogP contribution in [0.1, 0.15) is 32.3 Å². The number of alkyl halides is 3. The molecule has 1 saturated heterocycles. The van der Waals surface area contributed by atoms with Crippen LogP contribution in [0.15, 0.2) is 30.3 Å². The zero-order chi connectivity index (χ0) is 19.8. The smallest absolute Gasteiger partial charge is 0.416 e. The molecule has 0 radical (unpaired) electrons. The maximum atomic E-state index is 12.9. The van der Waals surface area contributed by atoms with E-state index in [-0.39, 0.29) is 30.0 Å². The summed E-state index contributed by atoms with van der Waals surface area (Å²) in [6.45, 7) is 11.2. The topological polar surface area (TPSA) is 29.5 Å². The standard InChI is InChI=1S/C19H28F3NO2Si/c1-18(2,3)26(4,5)25-13-15-11-23(17(24)19(20,21)22)12-16(15)14-9-7-6-8-10-14/h6-10,15-16H,11-13H2,1-5H3/t15-,16-/m1/s1. The van der Waals surface area contributed by atoms with Crippen LogP contribution < -0.4 is 0 Å². The van der Waals surface area contributed by atoms with Gasteiger partial charge in [-0.05, 0) is 23.7 Å². The van der Waals surface area contributed by atoms with Crippen molar-refractivity contribution in [2.24, 2.45) is 5.92 Å². The van der Waals surface area contributed by atoms with E-state index in [0.717, 1.165) is 10.5 Å². The molecule has 0 aliphatic carbocycles. The van der Waals surface area contributed by atoms with Gasteiger partial charge < -0.3 is 9.33 Å². The Kier molecular flexibility index (Phi) is 5.92. The van der Waals surface area contributed by atoms with Crippen molar-refractivity contribution in [3.8, 4) is 0 Å². The van der Waals surface area contributed by atoms with E-state index in [2.05, 4.69) is 33.9 Å². The molecule has 0 N–H and O–H groups in total. The lowest BCUT2D eigenvalue weighted by Gasteiger charge is -2.37. The van der Waals surface area contributed by atoms with Gasteiger partial charge in [-0.2, -0.15) is 13.2 Å². The van der Waals surface area contributed by atoms with Crippen LogP contribution in [-0.2, 0) is 9.22 Å². The molecule has 0 saturated carbocycles. The molecule has 146 valence electrons. The fraction of sp³-hybridized carbons (Fsp3) is 0.632. The van der Waals surface area contributed by atoms with E-state index in [9.17, 15) is 18.0 Å². The molecule has 1 aliphatic rings. The quantitative estimate of drug-likeness (QED) is 0.694. The highest BCUT2D eigenvalue weighted by atomic mass is 28.4. The molecular weight excluding hydrogens is 359 g/mol. The molecule has 1 aromatic carbocycles. The van der Waals surface area contributed by atoms with Gasteiger partial charge in [-0.1, -0.05) is 51.1 Å². The van der Waals surface area contributed by atoms with Crippen LogP contribution in [-0.4, -0.2) is 45.0 Å². The lowest BCUT2D eigenvalue weighted by molar-refractivity contribution is -0.184. The third-order valence-electron chi connectivity index (χ3n) is 5.66. The highest BCUT2D eigenvalue weighted by Crippen LogP contribution is 2.39. The van der Waals surface area contributed by atoms with E-state index in [1.54, 1.807) is 0 Å². The zero-order valence-corrected chi connectivity index (χ0v) is 17.1. The molecule has 1 aliphatic heterocycles. The van der Waals surface area contributed by atoms with Crippen LogP contribution in [0.25, 0.3) is 0 Å². The molecule has 0 unspecified atom stereocenters. The van der Waals surface area contributed by atoms with Gasteiger partial charge in [-0.15, -0.1) is 0 Å². The number of halogens is 3. The van der Waals surface area contributed by atoms with Crippen LogP contribution in [0.3, 0.4) is 0 Å².